The molecule has 0 unspecified atom stereocenters. The second kappa shape index (κ2) is 7.45. The van der Waals surface area contributed by atoms with E-state index in [4.69, 9.17) is 11.6 Å². The number of aromatic nitrogens is 4. The molecular formula is C21H19ClN4OS. The van der Waals surface area contributed by atoms with Crippen LogP contribution in [-0.2, 0) is 7.05 Å². The minimum absolute atomic E-state index is 0.0715. The van der Waals surface area contributed by atoms with Crippen LogP contribution >= 0.6 is 23.4 Å². The molecule has 0 amide bonds. The SMILES string of the molecule is Cc1[nH]c2ccccc2c1C(=O)[C@H](C)Sc1nnc(-c2ccccc2Cl)n1C. The van der Waals surface area contributed by atoms with Crippen LogP contribution in [0.15, 0.2) is 53.7 Å². The van der Waals surface area contributed by atoms with Crippen LogP contribution in [0.2, 0.25) is 5.02 Å². The summed E-state index contributed by atoms with van der Waals surface area (Å²) in [6, 6.07) is 15.4. The van der Waals surface area contributed by atoms with Crippen molar-refractivity contribution in [1.82, 2.24) is 19.7 Å². The summed E-state index contributed by atoms with van der Waals surface area (Å²) in [6.07, 6.45) is 0. The topological polar surface area (TPSA) is 63.6 Å². The predicted molar refractivity (Wildman–Crippen MR) is 114 cm³/mol. The molecular weight excluding hydrogens is 392 g/mol. The number of Topliss-reactive ketones (excluding diaryl/α,β-unsaturated/α-hetero) is 1. The highest BCUT2D eigenvalue weighted by Gasteiger charge is 2.24. The quantitative estimate of drug-likeness (QED) is 0.358. The molecule has 2 aromatic carbocycles. The van der Waals surface area contributed by atoms with Crippen LogP contribution in [0, 0.1) is 6.92 Å². The number of aromatic amines is 1. The number of benzene rings is 2. The first kappa shape index (κ1) is 18.8. The van der Waals surface area contributed by atoms with E-state index in [1.165, 1.54) is 11.8 Å². The number of aryl methyl sites for hydroxylation is 1. The first-order chi connectivity index (χ1) is 13.5. The van der Waals surface area contributed by atoms with Gasteiger partial charge in [-0.1, -0.05) is 53.7 Å². The first-order valence-electron chi connectivity index (χ1n) is 8.90. The van der Waals surface area contributed by atoms with Gasteiger partial charge >= 0.3 is 0 Å². The van der Waals surface area contributed by atoms with Gasteiger partial charge in [0.25, 0.3) is 0 Å². The van der Waals surface area contributed by atoms with Crippen LogP contribution in [0.25, 0.3) is 22.3 Å². The number of hydrogen-bond acceptors (Lipinski definition) is 4. The Hall–Kier alpha value is -2.57. The number of nitrogens with one attached hydrogen (secondary N) is 1. The molecule has 5 nitrogen and oxygen atoms in total. The molecule has 2 heterocycles. The number of nitrogens with zero attached hydrogens (tertiary/aromatic N) is 3. The number of rotatable bonds is 5. The summed E-state index contributed by atoms with van der Waals surface area (Å²) < 4.78 is 1.87. The fourth-order valence-electron chi connectivity index (χ4n) is 3.30. The second-order valence-electron chi connectivity index (χ2n) is 6.64. The van der Waals surface area contributed by atoms with Crippen LogP contribution in [0.1, 0.15) is 23.0 Å². The van der Waals surface area contributed by atoms with Crippen LogP contribution in [-0.4, -0.2) is 30.8 Å². The van der Waals surface area contributed by atoms with Gasteiger partial charge in [-0.25, -0.2) is 0 Å². The Labute approximate surface area is 172 Å². The highest BCUT2D eigenvalue weighted by Crippen LogP contribution is 2.32. The maximum absolute atomic E-state index is 13.2. The Morgan fingerprint density at radius 3 is 2.64 bits per heavy atom. The Bertz CT molecular complexity index is 1180. The molecule has 0 saturated heterocycles. The van der Waals surface area contributed by atoms with E-state index in [9.17, 15) is 4.79 Å². The average molecular weight is 411 g/mol. The van der Waals surface area contributed by atoms with Gasteiger partial charge in [0, 0.05) is 34.8 Å². The van der Waals surface area contributed by atoms with E-state index in [0.29, 0.717) is 16.0 Å². The van der Waals surface area contributed by atoms with E-state index in [1.807, 2.05) is 74.0 Å². The van der Waals surface area contributed by atoms with Gasteiger partial charge in [-0.05, 0) is 32.0 Å². The molecule has 0 saturated carbocycles. The first-order valence-corrected chi connectivity index (χ1v) is 10.2. The van der Waals surface area contributed by atoms with Gasteiger partial charge < -0.3 is 9.55 Å². The third-order valence-corrected chi connectivity index (χ3v) is 6.20. The lowest BCUT2D eigenvalue weighted by Gasteiger charge is -2.11. The number of halogens is 1. The molecule has 1 atom stereocenters. The number of hydrogen-bond donors (Lipinski definition) is 1. The zero-order valence-electron chi connectivity index (χ0n) is 15.7. The summed E-state index contributed by atoms with van der Waals surface area (Å²) in [6.45, 7) is 3.83. The van der Waals surface area contributed by atoms with Crippen molar-refractivity contribution in [2.24, 2.45) is 7.05 Å². The van der Waals surface area contributed by atoms with Crippen molar-refractivity contribution in [2.75, 3.05) is 0 Å². The molecule has 1 N–H and O–H groups in total. The molecule has 0 aliphatic rings. The smallest absolute Gasteiger partial charge is 0.191 e. The standard InChI is InChI=1S/C21H19ClN4OS/c1-12-18(15-9-5-7-11-17(15)23-12)19(27)13(2)28-21-25-24-20(26(21)3)14-8-4-6-10-16(14)22/h4-11,13,23H,1-3H3/t13-/m0/s1. The van der Waals surface area contributed by atoms with Crippen molar-refractivity contribution in [3.05, 3.63) is 64.8 Å². The number of para-hydroxylation sites is 1. The lowest BCUT2D eigenvalue weighted by atomic mass is 10.1. The average Bonchev–Trinajstić information content (AvgIpc) is 3.21. The van der Waals surface area contributed by atoms with Gasteiger partial charge in [-0.3, -0.25) is 4.79 Å². The van der Waals surface area contributed by atoms with Gasteiger partial charge in [-0.15, -0.1) is 10.2 Å². The molecule has 2 aromatic heterocycles. The van der Waals surface area contributed by atoms with Crippen molar-refractivity contribution in [3.8, 4) is 11.4 Å². The number of H-pyrrole nitrogens is 1. The molecule has 0 aliphatic carbocycles. The van der Waals surface area contributed by atoms with E-state index >= 15 is 0 Å². The van der Waals surface area contributed by atoms with Gasteiger partial charge in [0.15, 0.2) is 16.8 Å². The summed E-state index contributed by atoms with van der Waals surface area (Å²) in [4.78, 5) is 16.5. The highest BCUT2D eigenvalue weighted by atomic mass is 35.5. The van der Waals surface area contributed by atoms with Crippen molar-refractivity contribution in [2.45, 2.75) is 24.3 Å². The van der Waals surface area contributed by atoms with E-state index in [2.05, 4.69) is 15.2 Å². The molecule has 28 heavy (non-hydrogen) atoms. The monoisotopic (exact) mass is 410 g/mol. The normalized spacial score (nSPS) is 12.4. The fraction of sp³-hybridized carbons (Fsp3) is 0.190. The van der Waals surface area contributed by atoms with E-state index in [-0.39, 0.29) is 11.0 Å². The van der Waals surface area contributed by atoms with E-state index < -0.39 is 0 Å². The third kappa shape index (κ3) is 3.23. The van der Waals surface area contributed by atoms with Crippen molar-refractivity contribution in [3.63, 3.8) is 0 Å². The second-order valence-corrected chi connectivity index (χ2v) is 8.36. The highest BCUT2D eigenvalue weighted by molar-refractivity contribution is 8.00. The summed E-state index contributed by atoms with van der Waals surface area (Å²) in [7, 11) is 1.88. The number of carbonyl (C=O) groups is 1. The van der Waals surface area contributed by atoms with Crippen LogP contribution in [0.4, 0.5) is 0 Å². The summed E-state index contributed by atoms with van der Waals surface area (Å²) in [5.74, 6) is 0.748. The molecule has 4 aromatic rings. The lowest BCUT2D eigenvalue weighted by Crippen LogP contribution is -2.15. The number of fused-ring (bicyclic) bond motifs is 1. The van der Waals surface area contributed by atoms with E-state index in [1.54, 1.807) is 0 Å². The van der Waals surface area contributed by atoms with Crippen LogP contribution in [0.5, 0.6) is 0 Å². The molecule has 0 radical (unpaired) electrons. The molecule has 4 rings (SSSR count). The van der Waals surface area contributed by atoms with Gasteiger partial charge in [0.2, 0.25) is 0 Å². The number of thioether (sulfide) groups is 1. The largest absolute Gasteiger partial charge is 0.358 e. The maximum Gasteiger partial charge on any atom is 0.191 e. The van der Waals surface area contributed by atoms with Gasteiger partial charge in [-0.2, -0.15) is 0 Å². The summed E-state index contributed by atoms with van der Waals surface area (Å²) in [5, 5.41) is 10.5. The summed E-state index contributed by atoms with van der Waals surface area (Å²) in [5.41, 5.74) is 3.41. The third-order valence-electron chi connectivity index (χ3n) is 4.74. The number of carbonyl (C=O) groups excluding carboxylic acids is 1. The van der Waals surface area contributed by atoms with Crippen molar-refractivity contribution < 1.29 is 4.79 Å². The van der Waals surface area contributed by atoms with Crippen LogP contribution in [0.3, 0.4) is 0 Å². The molecule has 0 bridgehead atoms. The number of ketones is 1. The summed E-state index contributed by atoms with van der Waals surface area (Å²) >= 11 is 7.69. The zero-order chi connectivity index (χ0) is 19.8. The predicted octanol–water partition coefficient (Wildman–Crippen LogP) is 5.29. The lowest BCUT2D eigenvalue weighted by molar-refractivity contribution is 0.0995. The molecule has 0 spiro atoms. The minimum Gasteiger partial charge on any atom is -0.358 e. The molecule has 142 valence electrons. The van der Waals surface area contributed by atoms with Crippen molar-refractivity contribution in [1.29, 1.82) is 0 Å². The molecule has 7 heteroatoms. The van der Waals surface area contributed by atoms with E-state index in [0.717, 1.165) is 27.7 Å². The zero-order valence-corrected chi connectivity index (χ0v) is 17.3. The van der Waals surface area contributed by atoms with Gasteiger partial charge in [0.05, 0.1) is 10.3 Å². The molecule has 0 aliphatic heterocycles. The fourth-order valence-corrected chi connectivity index (χ4v) is 4.40. The maximum atomic E-state index is 13.2. The van der Waals surface area contributed by atoms with Crippen LogP contribution < -0.4 is 0 Å². The Morgan fingerprint density at radius 2 is 1.86 bits per heavy atom. The Morgan fingerprint density at radius 1 is 1.14 bits per heavy atom. The van der Waals surface area contributed by atoms with Crippen molar-refractivity contribution >= 4 is 40.0 Å². The van der Waals surface area contributed by atoms with Gasteiger partial charge in [0.1, 0.15) is 0 Å². The Balaban J connectivity index is 1.62. The molecule has 0 fully saturated rings. The minimum atomic E-state index is -0.306. The Kier molecular flexibility index (Phi) is 5.00.